The number of carbonyl (C=O) groups excluding carboxylic acids is 1. The number of hydrogen-bond donors (Lipinski definition) is 1. The van der Waals surface area contributed by atoms with Crippen molar-refractivity contribution in [2.75, 3.05) is 6.54 Å². The van der Waals surface area contributed by atoms with Gasteiger partial charge in [-0.05, 0) is 42.9 Å². The van der Waals surface area contributed by atoms with Gasteiger partial charge in [0.25, 0.3) is 0 Å². The molecule has 1 N–H and O–H groups in total. The molecule has 0 saturated carbocycles. The minimum Gasteiger partial charge on any atom is -0.480 e. The molecule has 0 radical (unpaired) electrons. The van der Waals surface area contributed by atoms with Gasteiger partial charge in [0, 0.05) is 13.0 Å². The zero-order chi connectivity index (χ0) is 15.4. The summed E-state index contributed by atoms with van der Waals surface area (Å²) in [5.74, 6) is -1.57. The summed E-state index contributed by atoms with van der Waals surface area (Å²) in [6, 6.07) is 5.47. The van der Waals surface area contributed by atoms with Crippen LogP contribution in [-0.4, -0.2) is 34.5 Å². The van der Waals surface area contributed by atoms with Crippen LogP contribution in [0.2, 0.25) is 0 Å². The highest BCUT2D eigenvalue weighted by molar-refractivity contribution is 5.84. The van der Waals surface area contributed by atoms with Crippen molar-refractivity contribution in [2.24, 2.45) is 0 Å². The van der Waals surface area contributed by atoms with Gasteiger partial charge in [-0.15, -0.1) is 0 Å². The molecule has 2 atom stereocenters. The van der Waals surface area contributed by atoms with E-state index in [1.807, 2.05) is 6.92 Å². The second kappa shape index (κ2) is 6.70. The van der Waals surface area contributed by atoms with E-state index in [0.717, 1.165) is 18.4 Å². The number of halogens is 1. The predicted molar refractivity (Wildman–Crippen MR) is 76.4 cm³/mol. The first-order chi connectivity index (χ1) is 9.99. The Morgan fingerprint density at radius 3 is 2.86 bits per heavy atom. The number of aliphatic carboxylic acids is 1. The van der Waals surface area contributed by atoms with E-state index in [0.29, 0.717) is 13.0 Å². The zero-order valence-electron chi connectivity index (χ0n) is 12.1. The standard InChI is InChI=1S/C16H20FNO3/c1-11(12-5-4-6-13(17)10-12)9-15(19)18-8-3-2-7-14(18)16(20)21/h4-6,10-11,14H,2-3,7-9H2,1H3,(H,20,21). The molecule has 1 heterocycles. The summed E-state index contributed by atoms with van der Waals surface area (Å²) in [5, 5.41) is 9.20. The average molecular weight is 293 g/mol. The number of carboxylic acids is 1. The second-order valence-corrected chi connectivity index (χ2v) is 5.60. The number of likely N-dealkylation sites (tertiary alicyclic amines) is 1. The summed E-state index contributed by atoms with van der Waals surface area (Å²) in [7, 11) is 0. The van der Waals surface area contributed by atoms with E-state index in [2.05, 4.69) is 0 Å². The van der Waals surface area contributed by atoms with E-state index in [9.17, 15) is 19.1 Å². The first-order valence-electron chi connectivity index (χ1n) is 7.26. The zero-order valence-corrected chi connectivity index (χ0v) is 12.1. The lowest BCUT2D eigenvalue weighted by molar-refractivity contribution is -0.152. The van der Waals surface area contributed by atoms with Crippen LogP contribution in [0.25, 0.3) is 0 Å². The number of hydrogen-bond acceptors (Lipinski definition) is 2. The van der Waals surface area contributed by atoms with E-state index >= 15 is 0 Å². The van der Waals surface area contributed by atoms with Crippen LogP contribution < -0.4 is 0 Å². The fraction of sp³-hybridized carbons (Fsp3) is 0.500. The van der Waals surface area contributed by atoms with Crippen LogP contribution in [0.4, 0.5) is 4.39 Å². The summed E-state index contributed by atoms with van der Waals surface area (Å²) in [5.41, 5.74) is 0.757. The highest BCUT2D eigenvalue weighted by Crippen LogP contribution is 2.24. The van der Waals surface area contributed by atoms with Gasteiger partial charge in [-0.3, -0.25) is 4.79 Å². The Labute approximate surface area is 123 Å². The van der Waals surface area contributed by atoms with Crippen LogP contribution in [0, 0.1) is 5.82 Å². The van der Waals surface area contributed by atoms with Gasteiger partial charge in [0.15, 0.2) is 0 Å². The summed E-state index contributed by atoms with van der Waals surface area (Å²) >= 11 is 0. The highest BCUT2D eigenvalue weighted by Gasteiger charge is 2.32. The minimum atomic E-state index is -0.943. The Morgan fingerprint density at radius 1 is 1.43 bits per heavy atom. The lowest BCUT2D eigenvalue weighted by Gasteiger charge is -2.33. The number of nitrogens with zero attached hydrogens (tertiary/aromatic N) is 1. The molecule has 0 aliphatic carbocycles. The SMILES string of the molecule is CC(CC(=O)N1CCCCC1C(=O)O)c1cccc(F)c1. The Morgan fingerprint density at radius 2 is 2.19 bits per heavy atom. The summed E-state index contributed by atoms with van der Waals surface area (Å²) in [6.45, 7) is 2.35. The molecule has 0 aromatic heterocycles. The quantitative estimate of drug-likeness (QED) is 0.928. The number of benzene rings is 1. The lowest BCUT2D eigenvalue weighted by Crippen LogP contribution is -2.48. The average Bonchev–Trinajstić information content (AvgIpc) is 2.47. The first kappa shape index (κ1) is 15.5. The summed E-state index contributed by atoms with van der Waals surface area (Å²) in [6.07, 6.45) is 2.38. The maximum absolute atomic E-state index is 13.2. The molecule has 1 aromatic rings. The number of piperidine rings is 1. The Hall–Kier alpha value is -1.91. The first-order valence-corrected chi connectivity index (χ1v) is 7.26. The topological polar surface area (TPSA) is 57.6 Å². The maximum atomic E-state index is 13.2. The van der Waals surface area contributed by atoms with Gasteiger partial charge in [0.05, 0.1) is 0 Å². The second-order valence-electron chi connectivity index (χ2n) is 5.60. The van der Waals surface area contributed by atoms with Gasteiger partial charge in [0.1, 0.15) is 11.9 Å². The molecule has 1 amide bonds. The highest BCUT2D eigenvalue weighted by atomic mass is 19.1. The molecule has 0 bridgehead atoms. The van der Waals surface area contributed by atoms with E-state index in [-0.39, 0.29) is 24.1 Å². The minimum absolute atomic E-state index is 0.135. The van der Waals surface area contributed by atoms with Gasteiger partial charge < -0.3 is 10.0 Å². The number of carbonyl (C=O) groups is 2. The molecular formula is C16H20FNO3. The molecule has 2 unspecified atom stereocenters. The molecule has 1 fully saturated rings. The van der Waals surface area contributed by atoms with Gasteiger partial charge in [-0.1, -0.05) is 19.1 Å². The molecule has 21 heavy (non-hydrogen) atoms. The molecule has 1 aliphatic heterocycles. The Bertz CT molecular complexity index is 532. The summed E-state index contributed by atoms with van der Waals surface area (Å²) in [4.78, 5) is 25.0. The van der Waals surface area contributed by atoms with Gasteiger partial charge >= 0.3 is 5.97 Å². The third-order valence-electron chi connectivity index (χ3n) is 4.01. The van der Waals surface area contributed by atoms with E-state index in [4.69, 9.17) is 0 Å². The van der Waals surface area contributed by atoms with E-state index < -0.39 is 12.0 Å². The molecule has 114 valence electrons. The molecule has 0 spiro atoms. The van der Waals surface area contributed by atoms with Crippen molar-refractivity contribution < 1.29 is 19.1 Å². The maximum Gasteiger partial charge on any atom is 0.326 e. The van der Waals surface area contributed by atoms with Crippen molar-refractivity contribution in [3.05, 3.63) is 35.6 Å². The van der Waals surface area contributed by atoms with Crippen LogP contribution in [0.15, 0.2) is 24.3 Å². The van der Waals surface area contributed by atoms with Crippen LogP contribution in [0.5, 0.6) is 0 Å². The van der Waals surface area contributed by atoms with Crippen molar-refractivity contribution in [3.63, 3.8) is 0 Å². The van der Waals surface area contributed by atoms with Crippen molar-refractivity contribution in [1.82, 2.24) is 4.90 Å². The number of amides is 1. The van der Waals surface area contributed by atoms with Crippen LogP contribution in [0.1, 0.15) is 44.1 Å². The van der Waals surface area contributed by atoms with Gasteiger partial charge in [-0.2, -0.15) is 0 Å². The number of rotatable bonds is 4. The molecule has 1 aliphatic rings. The lowest BCUT2D eigenvalue weighted by atomic mass is 9.95. The molecule has 1 aromatic carbocycles. The predicted octanol–water partition coefficient (Wildman–Crippen LogP) is 2.79. The fourth-order valence-electron chi connectivity index (χ4n) is 2.80. The van der Waals surface area contributed by atoms with E-state index in [1.54, 1.807) is 12.1 Å². The third-order valence-corrected chi connectivity index (χ3v) is 4.01. The molecule has 4 nitrogen and oxygen atoms in total. The normalized spacial score (nSPS) is 20.1. The van der Waals surface area contributed by atoms with Crippen LogP contribution in [-0.2, 0) is 9.59 Å². The van der Waals surface area contributed by atoms with Gasteiger partial charge in [-0.25, -0.2) is 9.18 Å². The van der Waals surface area contributed by atoms with Crippen LogP contribution >= 0.6 is 0 Å². The van der Waals surface area contributed by atoms with Crippen molar-refractivity contribution in [1.29, 1.82) is 0 Å². The Kier molecular flexibility index (Phi) is 4.94. The molecule has 5 heteroatoms. The third kappa shape index (κ3) is 3.80. The molecule has 2 rings (SSSR count). The molecule has 1 saturated heterocycles. The molecular weight excluding hydrogens is 273 g/mol. The largest absolute Gasteiger partial charge is 0.480 e. The smallest absolute Gasteiger partial charge is 0.326 e. The fourth-order valence-corrected chi connectivity index (χ4v) is 2.80. The van der Waals surface area contributed by atoms with Crippen molar-refractivity contribution in [2.45, 2.75) is 44.6 Å². The summed E-state index contributed by atoms with van der Waals surface area (Å²) < 4.78 is 13.2. The van der Waals surface area contributed by atoms with Gasteiger partial charge in [0.2, 0.25) is 5.91 Å². The van der Waals surface area contributed by atoms with E-state index in [1.165, 1.54) is 17.0 Å². The van der Waals surface area contributed by atoms with Crippen molar-refractivity contribution in [3.8, 4) is 0 Å². The Balaban J connectivity index is 2.04. The van der Waals surface area contributed by atoms with Crippen molar-refractivity contribution >= 4 is 11.9 Å². The monoisotopic (exact) mass is 293 g/mol. The number of carboxylic acid groups (broad SMARTS) is 1. The van der Waals surface area contributed by atoms with Crippen LogP contribution in [0.3, 0.4) is 0 Å².